The number of rotatable bonds is 5. The molecule has 29 heavy (non-hydrogen) atoms. The molecule has 0 aliphatic carbocycles. The average molecular weight is 408 g/mol. The van der Waals surface area contributed by atoms with Crippen molar-refractivity contribution in [2.24, 2.45) is 0 Å². The largest absolute Gasteiger partial charge is 0.333 e. The third-order valence-corrected chi connectivity index (χ3v) is 5.82. The lowest BCUT2D eigenvalue weighted by molar-refractivity contribution is 0.103. The molecular weight excluding hydrogens is 391 g/mol. The number of nitrogens with zero attached hydrogens (tertiary/aromatic N) is 2. The minimum Gasteiger partial charge on any atom is -0.333 e. The Hall–Kier alpha value is -3.32. The second-order valence-corrected chi connectivity index (χ2v) is 8.82. The van der Waals surface area contributed by atoms with Gasteiger partial charge in [-0.15, -0.1) is 0 Å². The van der Waals surface area contributed by atoms with Gasteiger partial charge in [-0.05, 0) is 54.1 Å². The van der Waals surface area contributed by atoms with Crippen molar-refractivity contribution in [2.45, 2.75) is 11.4 Å². The van der Waals surface area contributed by atoms with Gasteiger partial charge in [0.05, 0.1) is 10.6 Å². The molecule has 0 saturated carbocycles. The van der Waals surface area contributed by atoms with Crippen molar-refractivity contribution < 1.29 is 17.6 Å². The number of ketones is 1. The predicted molar refractivity (Wildman–Crippen MR) is 108 cm³/mol. The lowest BCUT2D eigenvalue weighted by Gasteiger charge is -2.11. The Kier molecular flexibility index (Phi) is 4.76. The molecule has 0 radical (unpaired) electrons. The van der Waals surface area contributed by atoms with Gasteiger partial charge < -0.3 is 4.57 Å². The molecule has 2 aromatic carbocycles. The van der Waals surface area contributed by atoms with Gasteiger partial charge in [-0.1, -0.05) is 12.1 Å². The van der Waals surface area contributed by atoms with Crippen molar-refractivity contribution in [3.8, 4) is 0 Å². The Labute approximate surface area is 167 Å². The van der Waals surface area contributed by atoms with Gasteiger partial charge in [0, 0.05) is 41.7 Å². The number of sulfone groups is 1. The van der Waals surface area contributed by atoms with Gasteiger partial charge >= 0.3 is 0 Å². The van der Waals surface area contributed by atoms with E-state index in [0.717, 1.165) is 11.8 Å². The van der Waals surface area contributed by atoms with E-state index in [1.165, 1.54) is 24.4 Å². The third kappa shape index (κ3) is 3.82. The summed E-state index contributed by atoms with van der Waals surface area (Å²) in [5.74, 6) is -0.562. The quantitative estimate of drug-likeness (QED) is 0.470. The zero-order valence-electron chi connectivity index (χ0n) is 15.5. The van der Waals surface area contributed by atoms with Crippen LogP contribution < -0.4 is 0 Å². The molecular formula is C22H17FN2O3S. The maximum absolute atomic E-state index is 13.3. The lowest BCUT2D eigenvalue weighted by atomic mass is 10.1. The van der Waals surface area contributed by atoms with E-state index in [1.54, 1.807) is 48.7 Å². The van der Waals surface area contributed by atoms with E-state index >= 15 is 0 Å². The van der Waals surface area contributed by atoms with Gasteiger partial charge in [0.1, 0.15) is 5.82 Å². The van der Waals surface area contributed by atoms with Crippen LogP contribution in [0.15, 0.2) is 78.0 Å². The molecule has 0 atom stereocenters. The molecule has 0 fully saturated rings. The van der Waals surface area contributed by atoms with E-state index < -0.39 is 9.84 Å². The van der Waals surface area contributed by atoms with Crippen LogP contribution in [-0.2, 0) is 16.4 Å². The summed E-state index contributed by atoms with van der Waals surface area (Å²) in [7, 11) is -3.38. The number of fused-ring (bicyclic) bond motifs is 1. The normalized spacial score (nSPS) is 11.7. The Morgan fingerprint density at radius 3 is 2.48 bits per heavy atom. The molecule has 0 aliphatic rings. The van der Waals surface area contributed by atoms with Crippen molar-refractivity contribution in [3.63, 3.8) is 0 Å². The topological polar surface area (TPSA) is 69.0 Å². The van der Waals surface area contributed by atoms with Crippen LogP contribution in [0.4, 0.5) is 4.39 Å². The highest BCUT2D eigenvalue weighted by atomic mass is 32.2. The van der Waals surface area contributed by atoms with Crippen LogP contribution in [0.25, 0.3) is 10.9 Å². The first-order valence-electron chi connectivity index (χ1n) is 8.85. The van der Waals surface area contributed by atoms with Crippen LogP contribution in [0.5, 0.6) is 0 Å². The third-order valence-electron chi connectivity index (χ3n) is 4.71. The van der Waals surface area contributed by atoms with E-state index in [-0.39, 0.29) is 16.5 Å². The minimum absolute atomic E-state index is 0.185. The van der Waals surface area contributed by atoms with Gasteiger partial charge in [-0.25, -0.2) is 12.8 Å². The van der Waals surface area contributed by atoms with E-state index in [0.29, 0.717) is 28.7 Å². The number of aromatic nitrogens is 2. The average Bonchev–Trinajstić information content (AvgIpc) is 3.07. The summed E-state index contributed by atoms with van der Waals surface area (Å²) in [5, 5.41) is 0.641. The van der Waals surface area contributed by atoms with E-state index in [2.05, 4.69) is 4.98 Å². The van der Waals surface area contributed by atoms with Crippen molar-refractivity contribution in [3.05, 3.63) is 95.7 Å². The first kappa shape index (κ1) is 19.0. The molecule has 0 saturated heterocycles. The molecule has 0 unspecified atom stereocenters. The highest BCUT2D eigenvalue weighted by Crippen LogP contribution is 2.26. The number of hydrogen-bond donors (Lipinski definition) is 0. The summed E-state index contributed by atoms with van der Waals surface area (Å²) in [6.07, 6.45) is 4.22. The monoisotopic (exact) mass is 408 g/mol. The van der Waals surface area contributed by atoms with Crippen molar-refractivity contribution in [1.82, 2.24) is 9.55 Å². The first-order chi connectivity index (χ1) is 13.8. The van der Waals surface area contributed by atoms with Gasteiger partial charge in [-0.3, -0.25) is 9.78 Å². The van der Waals surface area contributed by atoms with Crippen molar-refractivity contribution in [2.75, 3.05) is 6.26 Å². The standard InChI is InChI=1S/C22H17FN2O3S/c1-29(27,28)19-8-9-20-17(11-19)12-21(22(26)16-3-2-10-24-13-16)25(20)14-15-4-6-18(23)7-5-15/h2-13H,14H2,1H3. The van der Waals surface area contributed by atoms with Gasteiger partial charge in [-0.2, -0.15) is 0 Å². The fourth-order valence-corrected chi connectivity index (χ4v) is 3.91. The van der Waals surface area contributed by atoms with Crippen LogP contribution in [0, 0.1) is 5.82 Å². The first-order valence-corrected chi connectivity index (χ1v) is 10.7. The molecule has 7 heteroatoms. The maximum Gasteiger partial charge on any atom is 0.210 e. The van der Waals surface area contributed by atoms with Crippen molar-refractivity contribution >= 4 is 26.5 Å². The SMILES string of the molecule is CS(=O)(=O)c1ccc2c(c1)cc(C(=O)c1cccnc1)n2Cc1ccc(F)cc1. The second-order valence-electron chi connectivity index (χ2n) is 6.81. The highest BCUT2D eigenvalue weighted by Gasteiger charge is 2.19. The fraction of sp³-hybridized carbons (Fsp3) is 0.0909. The molecule has 2 heterocycles. The van der Waals surface area contributed by atoms with E-state index in [9.17, 15) is 17.6 Å². The maximum atomic E-state index is 13.3. The lowest BCUT2D eigenvalue weighted by Crippen LogP contribution is -2.11. The molecule has 0 aliphatic heterocycles. The van der Waals surface area contributed by atoms with Gasteiger partial charge in [0.25, 0.3) is 0 Å². The minimum atomic E-state index is -3.38. The molecule has 0 amide bonds. The zero-order chi connectivity index (χ0) is 20.6. The Bertz CT molecular complexity index is 1310. The van der Waals surface area contributed by atoms with Gasteiger partial charge in [0.15, 0.2) is 9.84 Å². The summed E-state index contributed by atoms with van der Waals surface area (Å²) in [6, 6.07) is 15.9. The number of hydrogen-bond acceptors (Lipinski definition) is 4. The Morgan fingerprint density at radius 2 is 1.83 bits per heavy atom. The predicted octanol–water partition coefficient (Wildman–Crippen LogP) is 3.86. The molecule has 4 rings (SSSR count). The summed E-state index contributed by atoms with van der Waals surface area (Å²) in [5.41, 5.74) is 2.37. The summed E-state index contributed by atoms with van der Waals surface area (Å²) in [6.45, 7) is 0.337. The number of pyridine rings is 1. The fourth-order valence-electron chi connectivity index (χ4n) is 3.26. The van der Waals surface area contributed by atoms with Crippen molar-refractivity contribution in [1.29, 1.82) is 0 Å². The smallest absolute Gasteiger partial charge is 0.210 e. The molecule has 4 aromatic rings. The van der Waals surface area contributed by atoms with Gasteiger partial charge in [0.2, 0.25) is 5.78 Å². The molecule has 0 spiro atoms. The van der Waals surface area contributed by atoms with E-state index in [1.807, 2.05) is 4.57 Å². The van der Waals surface area contributed by atoms with Crippen LogP contribution in [0.1, 0.15) is 21.6 Å². The second kappa shape index (κ2) is 7.25. The van der Waals surface area contributed by atoms with E-state index in [4.69, 9.17) is 0 Å². The Morgan fingerprint density at radius 1 is 1.07 bits per heavy atom. The summed E-state index contributed by atoms with van der Waals surface area (Å²) >= 11 is 0. The summed E-state index contributed by atoms with van der Waals surface area (Å²) < 4.78 is 38.9. The number of halogens is 1. The van der Waals surface area contributed by atoms with Crippen LogP contribution in [-0.4, -0.2) is 30.0 Å². The molecule has 0 N–H and O–H groups in total. The van der Waals surface area contributed by atoms with Crippen LogP contribution in [0.2, 0.25) is 0 Å². The van der Waals surface area contributed by atoms with Crippen LogP contribution in [0.3, 0.4) is 0 Å². The Balaban J connectivity index is 1.89. The number of carbonyl (C=O) groups excluding carboxylic acids is 1. The number of carbonyl (C=O) groups is 1. The molecule has 0 bridgehead atoms. The molecule has 146 valence electrons. The number of benzene rings is 2. The molecule has 5 nitrogen and oxygen atoms in total. The zero-order valence-corrected chi connectivity index (χ0v) is 16.4. The molecule has 2 aromatic heterocycles. The summed E-state index contributed by atoms with van der Waals surface area (Å²) in [4.78, 5) is 17.3. The highest BCUT2D eigenvalue weighted by molar-refractivity contribution is 7.90. The van der Waals surface area contributed by atoms with Crippen LogP contribution >= 0.6 is 0 Å².